The number of rotatable bonds is 3. The van der Waals surface area contributed by atoms with Gasteiger partial charge >= 0.3 is 5.97 Å². The third kappa shape index (κ3) is 2.73. The molecule has 0 bridgehead atoms. The first-order valence-corrected chi connectivity index (χ1v) is 8.66. The van der Waals surface area contributed by atoms with Crippen LogP contribution in [0.5, 0.6) is 11.5 Å². The van der Waals surface area contributed by atoms with E-state index in [1.165, 1.54) is 0 Å². The number of benzene rings is 3. The quantitative estimate of drug-likeness (QED) is 0.493. The molecule has 0 N–H and O–H groups in total. The summed E-state index contributed by atoms with van der Waals surface area (Å²) in [6, 6.07) is 22.5. The Labute approximate surface area is 155 Å². The van der Waals surface area contributed by atoms with Gasteiger partial charge in [-0.1, -0.05) is 48.5 Å². The van der Waals surface area contributed by atoms with Crippen molar-refractivity contribution in [3.8, 4) is 11.5 Å². The highest BCUT2D eigenvalue weighted by atomic mass is 16.5. The van der Waals surface area contributed by atoms with Gasteiger partial charge in [0.15, 0.2) is 12.2 Å². The van der Waals surface area contributed by atoms with Crippen molar-refractivity contribution in [1.29, 1.82) is 0 Å². The molecule has 1 aliphatic rings. The van der Waals surface area contributed by atoms with Crippen LogP contribution in [-0.2, 0) is 16.1 Å². The van der Waals surface area contributed by atoms with Crippen LogP contribution >= 0.6 is 0 Å². The molecule has 5 nitrogen and oxygen atoms in total. The van der Waals surface area contributed by atoms with Gasteiger partial charge < -0.3 is 13.9 Å². The highest BCUT2D eigenvalue weighted by molar-refractivity contribution is 5.85. The van der Waals surface area contributed by atoms with Crippen molar-refractivity contribution < 1.29 is 18.7 Å². The highest BCUT2D eigenvalue weighted by Crippen LogP contribution is 2.44. The maximum Gasteiger partial charge on any atom is 0.318 e. The molecule has 3 aromatic carbocycles. The largest absolute Gasteiger partial charge is 0.457 e. The zero-order valence-electron chi connectivity index (χ0n) is 14.3. The number of carbonyl (C=O) groups is 1. The van der Waals surface area contributed by atoms with Crippen molar-refractivity contribution in [1.82, 2.24) is 4.98 Å². The van der Waals surface area contributed by atoms with Crippen LogP contribution in [0.1, 0.15) is 22.9 Å². The Morgan fingerprint density at radius 1 is 0.889 bits per heavy atom. The summed E-state index contributed by atoms with van der Waals surface area (Å²) in [5, 5.41) is 0. The topological polar surface area (TPSA) is 61.6 Å². The van der Waals surface area contributed by atoms with E-state index in [9.17, 15) is 4.79 Å². The summed E-state index contributed by atoms with van der Waals surface area (Å²) >= 11 is 0. The third-order valence-corrected chi connectivity index (χ3v) is 4.59. The number of nitrogens with zero attached hydrogens (tertiary/aromatic N) is 1. The molecular weight excluding hydrogens is 342 g/mol. The summed E-state index contributed by atoms with van der Waals surface area (Å²) in [7, 11) is 0. The molecule has 1 aliphatic heterocycles. The van der Waals surface area contributed by atoms with Gasteiger partial charge in [-0.05, 0) is 24.3 Å². The van der Waals surface area contributed by atoms with Crippen molar-refractivity contribution in [2.24, 2.45) is 0 Å². The number of hydrogen-bond donors (Lipinski definition) is 0. The number of ether oxygens (including phenoxy) is 2. The average molecular weight is 357 g/mol. The summed E-state index contributed by atoms with van der Waals surface area (Å²) in [6.07, 6.45) is 0. The molecule has 5 heteroatoms. The van der Waals surface area contributed by atoms with E-state index < -0.39 is 5.92 Å². The lowest BCUT2D eigenvalue weighted by Crippen LogP contribution is -2.21. The molecule has 0 radical (unpaired) electrons. The second kappa shape index (κ2) is 6.29. The number of aromatic nitrogens is 1. The van der Waals surface area contributed by atoms with Crippen molar-refractivity contribution in [3.05, 3.63) is 89.8 Å². The van der Waals surface area contributed by atoms with Gasteiger partial charge in [0, 0.05) is 11.1 Å². The van der Waals surface area contributed by atoms with Gasteiger partial charge in [-0.25, -0.2) is 4.98 Å². The molecule has 0 spiro atoms. The molecule has 5 rings (SSSR count). The third-order valence-electron chi connectivity index (χ3n) is 4.59. The van der Waals surface area contributed by atoms with E-state index in [1.807, 2.05) is 72.8 Å². The average Bonchev–Trinajstić information content (AvgIpc) is 3.13. The molecule has 27 heavy (non-hydrogen) atoms. The SMILES string of the molecule is O=C(OCc1nc2ccccc2o1)C1c2ccccc2Oc2ccccc21. The van der Waals surface area contributed by atoms with Gasteiger partial charge in [0.25, 0.3) is 0 Å². The second-order valence-corrected chi connectivity index (χ2v) is 6.29. The summed E-state index contributed by atoms with van der Waals surface area (Å²) in [6.45, 7) is -0.0186. The molecule has 0 amide bonds. The Bertz CT molecular complexity index is 1070. The lowest BCUT2D eigenvalue weighted by molar-refractivity contribution is -0.146. The maximum atomic E-state index is 13.0. The van der Waals surface area contributed by atoms with Crippen molar-refractivity contribution >= 4 is 17.1 Å². The molecule has 4 aromatic rings. The minimum absolute atomic E-state index is 0.0186. The molecule has 1 aromatic heterocycles. The van der Waals surface area contributed by atoms with Crippen LogP contribution in [0.4, 0.5) is 0 Å². The molecule has 0 saturated heterocycles. The fraction of sp³-hybridized carbons (Fsp3) is 0.0909. The van der Waals surface area contributed by atoms with Crippen LogP contribution < -0.4 is 4.74 Å². The van der Waals surface area contributed by atoms with Gasteiger partial charge in [0.2, 0.25) is 5.89 Å². The number of esters is 1. The Kier molecular flexibility index (Phi) is 3.64. The maximum absolute atomic E-state index is 13.0. The van der Waals surface area contributed by atoms with E-state index in [4.69, 9.17) is 13.9 Å². The summed E-state index contributed by atoms with van der Waals surface area (Å²) in [5.41, 5.74) is 2.99. The molecular formula is C22H15NO4. The van der Waals surface area contributed by atoms with Crippen LogP contribution in [-0.4, -0.2) is 11.0 Å². The van der Waals surface area contributed by atoms with E-state index in [2.05, 4.69) is 4.98 Å². The number of carbonyl (C=O) groups excluding carboxylic acids is 1. The fourth-order valence-electron chi connectivity index (χ4n) is 3.36. The van der Waals surface area contributed by atoms with Crippen LogP contribution in [0, 0.1) is 0 Å². The normalized spacial score (nSPS) is 12.9. The monoisotopic (exact) mass is 357 g/mol. The minimum atomic E-state index is -0.546. The van der Waals surface area contributed by atoms with Crippen molar-refractivity contribution in [3.63, 3.8) is 0 Å². The van der Waals surface area contributed by atoms with E-state index in [-0.39, 0.29) is 12.6 Å². The van der Waals surface area contributed by atoms with Gasteiger partial charge in [-0.3, -0.25) is 4.79 Å². The van der Waals surface area contributed by atoms with Gasteiger partial charge in [0.05, 0.1) is 0 Å². The second-order valence-electron chi connectivity index (χ2n) is 6.29. The van der Waals surface area contributed by atoms with Crippen molar-refractivity contribution in [2.75, 3.05) is 0 Å². The van der Waals surface area contributed by atoms with Crippen LogP contribution in [0.25, 0.3) is 11.1 Å². The Balaban J connectivity index is 1.44. The van der Waals surface area contributed by atoms with E-state index >= 15 is 0 Å². The summed E-state index contributed by atoms with van der Waals surface area (Å²) < 4.78 is 17.1. The predicted molar refractivity (Wildman–Crippen MR) is 98.6 cm³/mol. The van der Waals surface area contributed by atoms with E-state index in [0.717, 1.165) is 16.6 Å². The predicted octanol–water partition coefficient (Wildman–Crippen LogP) is 4.81. The van der Waals surface area contributed by atoms with E-state index in [1.54, 1.807) is 0 Å². The molecule has 0 saturated carbocycles. The Hall–Kier alpha value is -3.60. The minimum Gasteiger partial charge on any atom is -0.457 e. The number of hydrogen-bond acceptors (Lipinski definition) is 5. The molecule has 0 unspecified atom stereocenters. The molecule has 0 fully saturated rings. The lowest BCUT2D eigenvalue weighted by atomic mass is 9.88. The van der Waals surface area contributed by atoms with Gasteiger partial charge in [-0.15, -0.1) is 0 Å². The zero-order valence-corrected chi connectivity index (χ0v) is 14.3. The molecule has 2 heterocycles. The lowest BCUT2D eigenvalue weighted by Gasteiger charge is -2.26. The highest BCUT2D eigenvalue weighted by Gasteiger charge is 2.33. The molecule has 0 atom stereocenters. The first kappa shape index (κ1) is 15.6. The zero-order chi connectivity index (χ0) is 18.2. The summed E-state index contributed by atoms with van der Waals surface area (Å²) in [4.78, 5) is 17.3. The standard InChI is InChI=1S/C22H15NO4/c24-22(25-13-20-23-16-9-3-6-12-19(16)27-20)21-14-7-1-4-10-17(14)26-18-11-5-2-8-15(18)21/h1-12,21H,13H2. The molecule has 132 valence electrons. The first-order valence-electron chi connectivity index (χ1n) is 8.66. The van der Waals surface area contributed by atoms with Gasteiger partial charge in [-0.2, -0.15) is 0 Å². The molecule has 0 aliphatic carbocycles. The van der Waals surface area contributed by atoms with E-state index in [0.29, 0.717) is 23.0 Å². The Morgan fingerprint density at radius 3 is 2.22 bits per heavy atom. The van der Waals surface area contributed by atoms with Crippen LogP contribution in [0.2, 0.25) is 0 Å². The number of fused-ring (bicyclic) bond motifs is 3. The number of oxazole rings is 1. The van der Waals surface area contributed by atoms with Crippen LogP contribution in [0.3, 0.4) is 0 Å². The van der Waals surface area contributed by atoms with Gasteiger partial charge in [0.1, 0.15) is 22.9 Å². The number of para-hydroxylation sites is 4. The Morgan fingerprint density at radius 2 is 1.52 bits per heavy atom. The summed E-state index contributed by atoms with van der Waals surface area (Å²) in [5.74, 6) is 0.800. The van der Waals surface area contributed by atoms with Crippen LogP contribution in [0.15, 0.2) is 77.2 Å². The van der Waals surface area contributed by atoms with Crippen molar-refractivity contribution in [2.45, 2.75) is 12.5 Å². The smallest absolute Gasteiger partial charge is 0.318 e. The first-order chi connectivity index (χ1) is 13.3. The fourth-order valence-corrected chi connectivity index (χ4v) is 3.36.